The van der Waals surface area contributed by atoms with Gasteiger partial charge >= 0.3 is 0 Å². The fraction of sp³-hybridized carbons (Fsp3) is 0.667. The van der Waals surface area contributed by atoms with Gasteiger partial charge in [-0.05, 0) is 19.3 Å². The third-order valence-corrected chi connectivity index (χ3v) is 4.37. The molecule has 1 aliphatic heterocycles. The summed E-state index contributed by atoms with van der Waals surface area (Å²) in [6.07, 6.45) is 5.40. The summed E-state index contributed by atoms with van der Waals surface area (Å²) in [7, 11) is -3.57. The number of hydrogen-bond donors (Lipinski definition) is 2. The van der Waals surface area contributed by atoms with Crippen LogP contribution in [-0.2, 0) is 14.8 Å². The molecule has 0 aliphatic carbocycles. The molecule has 2 heterocycles. The minimum Gasteiger partial charge on any atom is -0.377 e. The van der Waals surface area contributed by atoms with Crippen molar-refractivity contribution in [2.75, 3.05) is 25.0 Å². The van der Waals surface area contributed by atoms with Crippen molar-refractivity contribution in [3.8, 4) is 0 Å². The zero-order valence-corrected chi connectivity index (χ0v) is 12.3. The summed E-state index contributed by atoms with van der Waals surface area (Å²) in [5.74, 6) is 0.435. The van der Waals surface area contributed by atoms with Crippen LogP contribution in [0.5, 0.6) is 0 Å². The maximum absolute atomic E-state index is 12.0. The first-order chi connectivity index (χ1) is 9.62. The maximum Gasteiger partial charge on any atom is 0.243 e. The van der Waals surface area contributed by atoms with Crippen LogP contribution in [0.15, 0.2) is 17.3 Å². The predicted molar refractivity (Wildman–Crippen MR) is 75.0 cm³/mol. The molecule has 0 amide bonds. The molecule has 7 nitrogen and oxygen atoms in total. The van der Waals surface area contributed by atoms with Crippen molar-refractivity contribution in [3.05, 3.63) is 12.4 Å². The third kappa shape index (κ3) is 4.12. The van der Waals surface area contributed by atoms with Gasteiger partial charge < -0.3 is 10.1 Å². The third-order valence-electron chi connectivity index (χ3n) is 3.00. The molecule has 1 aromatic rings. The van der Waals surface area contributed by atoms with E-state index in [1.54, 1.807) is 0 Å². The fourth-order valence-corrected chi connectivity index (χ4v) is 2.83. The molecular formula is C12H20N4O3S. The van der Waals surface area contributed by atoms with E-state index in [1.807, 2.05) is 6.92 Å². The summed E-state index contributed by atoms with van der Waals surface area (Å²) >= 11 is 0. The number of ether oxygens (including phenoxy) is 1. The highest BCUT2D eigenvalue weighted by Gasteiger charge is 2.20. The lowest BCUT2D eigenvalue weighted by Gasteiger charge is -2.11. The quantitative estimate of drug-likeness (QED) is 0.772. The van der Waals surface area contributed by atoms with Crippen LogP contribution in [0.2, 0.25) is 0 Å². The summed E-state index contributed by atoms with van der Waals surface area (Å²) in [6.45, 7) is 3.77. The Labute approximate surface area is 119 Å². The summed E-state index contributed by atoms with van der Waals surface area (Å²) in [4.78, 5) is 8.05. The van der Waals surface area contributed by atoms with E-state index in [-0.39, 0.29) is 17.5 Å². The molecule has 0 bridgehead atoms. The standard InChI is InChI=1S/C12H20N4O3S/c1-2-5-13-12-14-8-11(9-15-12)20(17,18)16-7-10-4-3-6-19-10/h8-10,16H,2-7H2,1H3,(H,13,14,15). The molecule has 1 atom stereocenters. The first-order valence-electron chi connectivity index (χ1n) is 6.79. The number of hydrogen-bond acceptors (Lipinski definition) is 6. The van der Waals surface area contributed by atoms with Crippen LogP contribution >= 0.6 is 0 Å². The molecule has 1 aromatic heterocycles. The van der Waals surface area contributed by atoms with Crippen LogP contribution in [0.4, 0.5) is 5.95 Å². The van der Waals surface area contributed by atoms with E-state index >= 15 is 0 Å². The topological polar surface area (TPSA) is 93.2 Å². The van der Waals surface area contributed by atoms with Gasteiger partial charge in [0.2, 0.25) is 16.0 Å². The Kier molecular flexibility index (Phi) is 5.27. The molecule has 8 heteroatoms. The second-order valence-corrected chi connectivity index (χ2v) is 6.42. The Balaban J connectivity index is 1.94. The molecule has 1 saturated heterocycles. The molecular weight excluding hydrogens is 280 g/mol. The zero-order chi connectivity index (χ0) is 14.4. The normalized spacial score (nSPS) is 19.1. The second kappa shape index (κ2) is 6.96. The van der Waals surface area contributed by atoms with E-state index in [9.17, 15) is 8.42 Å². The molecule has 20 heavy (non-hydrogen) atoms. The average molecular weight is 300 g/mol. The summed E-state index contributed by atoms with van der Waals surface area (Å²) in [5.41, 5.74) is 0. The monoisotopic (exact) mass is 300 g/mol. The second-order valence-electron chi connectivity index (χ2n) is 4.66. The molecule has 2 N–H and O–H groups in total. The van der Waals surface area contributed by atoms with Crippen molar-refractivity contribution in [1.29, 1.82) is 0 Å². The van der Waals surface area contributed by atoms with Gasteiger partial charge in [-0.3, -0.25) is 0 Å². The van der Waals surface area contributed by atoms with Crippen LogP contribution in [0.1, 0.15) is 26.2 Å². The van der Waals surface area contributed by atoms with E-state index in [0.717, 1.165) is 25.8 Å². The van der Waals surface area contributed by atoms with Gasteiger partial charge in [0.25, 0.3) is 0 Å². The fourth-order valence-electron chi connectivity index (χ4n) is 1.87. The molecule has 0 spiro atoms. The Hall–Kier alpha value is -1.25. The average Bonchev–Trinajstić information content (AvgIpc) is 2.97. The minimum atomic E-state index is -3.57. The first kappa shape index (κ1) is 15.1. The summed E-state index contributed by atoms with van der Waals surface area (Å²) < 4.78 is 32.0. The van der Waals surface area contributed by atoms with Gasteiger partial charge in [0, 0.05) is 19.7 Å². The van der Waals surface area contributed by atoms with E-state index in [4.69, 9.17) is 4.74 Å². The lowest BCUT2D eigenvalue weighted by Crippen LogP contribution is -2.32. The lowest BCUT2D eigenvalue weighted by molar-refractivity contribution is 0.114. The van der Waals surface area contributed by atoms with Gasteiger partial charge in [-0.15, -0.1) is 0 Å². The Morgan fingerprint density at radius 1 is 1.40 bits per heavy atom. The van der Waals surface area contributed by atoms with Crippen LogP contribution in [0.3, 0.4) is 0 Å². The van der Waals surface area contributed by atoms with Crippen LogP contribution in [0.25, 0.3) is 0 Å². The molecule has 0 radical (unpaired) electrons. The van der Waals surface area contributed by atoms with E-state index in [1.165, 1.54) is 12.4 Å². The van der Waals surface area contributed by atoms with Crippen molar-refractivity contribution in [2.45, 2.75) is 37.2 Å². The van der Waals surface area contributed by atoms with Gasteiger partial charge in [0.15, 0.2) is 0 Å². The van der Waals surface area contributed by atoms with Crippen LogP contribution in [-0.4, -0.2) is 44.2 Å². The van der Waals surface area contributed by atoms with Gasteiger partial charge in [-0.25, -0.2) is 23.1 Å². The highest BCUT2D eigenvalue weighted by molar-refractivity contribution is 7.89. The molecule has 1 unspecified atom stereocenters. The largest absolute Gasteiger partial charge is 0.377 e. The molecule has 2 rings (SSSR count). The number of nitrogens with zero attached hydrogens (tertiary/aromatic N) is 2. The Bertz CT molecular complexity index is 512. The van der Waals surface area contributed by atoms with E-state index < -0.39 is 10.0 Å². The van der Waals surface area contributed by atoms with Crippen molar-refractivity contribution in [1.82, 2.24) is 14.7 Å². The molecule has 0 saturated carbocycles. The molecule has 0 aromatic carbocycles. The number of nitrogens with one attached hydrogen (secondary N) is 2. The highest BCUT2D eigenvalue weighted by Crippen LogP contribution is 2.12. The van der Waals surface area contributed by atoms with E-state index in [2.05, 4.69) is 20.0 Å². The number of aromatic nitrogens is 2. The smallest absolute Gasteiger partial charge is 0.243 e. The summed E-state index contributed by atoms with van der Waals surface area (Å²) in [6, 6.07) is 0. The van der Waals surface area contributed by atoms with Gasteiger partial charge in [-0.2, -0.15) is 0 Å². The molecule has 112 valence electrons. The number of sulfonamides is 1. The lowest BCUT2D eigenvalue weighted by atomic mass is 10.2. The van der Waals surface area contributed by atoms with Gasteiger partial charge in [0.1, 0.15) is 4.90 Å². The highest BCUT2D eigenvalue weighted by atomic mass is 32.2. The Morgan fingerprint density at radius 2 is 2.15 bits per heavy atom. The van der Waals surface area contributed by atoms with Crippen molar-refractivity contribution in [3.63, 3.8) is 0 Å². The first-order valence-corrected chi connectivity index (χ1v) is 8.27. The molecule has 1 fully saturated rings. The van der Waals surface area contributed by atoms with Crippen molar-refractivity contribution >= 4 is 16.0 Å². The van der Waals surface area contributed by atoms with Crippen molar-refractivity contribution < 1.29 is 13.2 Å². The van der Waals surface area contributed by atoms with Crippen molar-refractivity contribution in [2.24, 2.45) is 0 Å². The SMILES string of the molecule is CCCNc1ncc(S(=O)(=O)NCC2CCCO2)cn1. The Morgan fingerprint density at radius 3 is 2.75 bits per heavy atom. The predicted octanol–water partition coefficient (Wildman–Crippen LogP) is 0.756. The van der Waals surface area contributed by atoms with Crippen LogP contribution in [0, 0.1) is 0 Å². The van der Waals surface area contributed by atoms with Gasteiger partial charge in [-0.1, -0.05) is 6.92 Å². The molecule has 1 aliphatic rings. The van der Waals surface area contributed by atoms with E-state index in [0.29, 0.717) is 12.6 Å². The maximum atomic E-state index is 12.0. The zero-order valence-electron chi connectivity index (χ0n) is 11.5. The number of anilines is 1. The minimum absolute atomic E-state index is 0.0313. The number of rotatable bonds is 7. The van der Waals surface area contributed by atoms with Gasteiger partial charge in [0.05, 0.1) is 18.5 Å². The van der Waals surface area contributed by atoms with Crippen LogP contribution < -0.4 is 10.0 Å². The summed E-state index contributed by atoms with van der Waals surface area (Å²) in [5, 5.41) is 2.99.